The van der Waals surface area contributed by atoms with Crippen LogP contribution in [-0.2, 0) is 13.6 Å². The van der Waals surface area contributed by atoms with Gasteiger partial charge in [0.15, 0.2) is 0 Å². The molecule has 5 nitrogen and oxygen atoms in total. The fourth-order valence-corrected chi connectivity index (χ4v) is 1.89. The van der Waals surface area contributed by atoms with Crippen LogP contribution < -0.4 is 5.73 Å². The Labute approximate surface area is 90.6 Å². The fourth-order valence-electron chi connectivity index (χ4n) is 1.24. The number of aryl methyl sites for hydroxylation is 1. The molecule has 0 atom stereocenters. The molecule has 2 rings (SSSR count). The quantitative estimate of drug-likeness (QED) is 0.770. The fraction of sp³-hybridized carbons (Fsp3) is 0.222. The van der Waals surface area contributed by atoms with Crippen molar-refractivity contribution in [3.05, 3.63) is 34.0 Å². The Morgan fingerprint density at radius 2 is 2.47 bits per heavy atom. The monoisotopic (exact) mass is 222 g/mol. The first-order valence-electron chi connectivity index (χ1n) is 4.39. The molecule has 0 aliphatic heterocycles. The van der Waals surface area contributed by atoms with Gasteiger partial charge in [0.05, 0.1) is 0 Å². The molecule has 2 heterocycles. The van der Waals surface area contributed by atoms with E-state index in [1.54, 1.807) is 24.7 Å². The van der Waals surface area contributed by atoms with Crippen LogP contribution in [0.4, 0.5) is 0 Å². The topological polar surface area (TPSA) is 73.8 Å². The van der Waals surface area contributed by atoms with Gasteiger partial charge in [-0.1, -0.05) is 0 Å². The van der Waals surface area contributed by atoms with Crippen LogP contribution in [0.3, 0.4) is 0 Å². The summed E-state index contributed by atoms with van der Waals surface area (Å²) in [6.45, 7) is 0.364. The zero-order valence-corrected chi connectivity index (χ0v) is 8.99. The average molecular weight is 222 g/mol. The van der Waals surface area contributed by atoms with E-state index in [4.69, 9.17) is 5.73 Å². The number of aromatic nitrogens is 3. The van der Waals surface area contributed by atoms with Crippen LogP contribution in [0.15, 0.2) is 17.6 Å². The summed E-state index contributed by atoms with van der Waals surface area (Å²) in [6, 6.07) is 1.67. The first-order valence-corrected chi connectivity index (χ1v) is 5.27. The minimum atomic E-state index is -0.119. The average Bonchev–Trinajstić information content (AvgIpc) is 2.84. The highest BCUT2D eigenvalue weighted by molar-refractivity contribution is 7.09. The summed E-state index contributed by atoms with van der Waals surface area (Å²) in [5.74, 6) is -0.119. The number of hydrogen-bond donors (Lipinski definition) is 1. The molecule has 0 spiro atoms. The summed E-state index contributed by atoms with van der Waals surface area (Å²) in [5.41, 5.74) is 6.40. The van der Waals surface area contributed by atoms with Crippen LogP contribution in [0.1, 0.15) is 21.2 Å². The van der Waals surface area contributed by atoms with Gasteiger partial charge in [0, 0.05) is 25.2 Å². The van der Waals surface area contributed by atoms with Gasteiger partial charge in [-0.25, -0.2) is 4.98 Å². The van der Waals surface area contributed by atoms with Crippen molar-refractivity contribution in [2.45, 2.75) is 6.54 Å². The largest absolute Gasteiger partial charge is 0.325 e. The first-order chi connectivity index (χ1) is 7.22. The van der Waals surface area contributed by atoms with Crippen molar-refractivity contribution in [3.8, 4) is 0 Å². The van der Waals surface area contributed by atoms with Crippen LogP contribution in [0, 0.1) is 0 Å². The molecular formula is C9H10N4OS. The molecule has 0 fully saturated rings. The van der Waals surface area contributed by atoms with E-state index in [-0.39, 0.29) is 5.78 Å². The molecule has 2 aromatic heterocycles. The van der Waals surface area contributed by atoms with Crippen molar-refractivity contribution in [1.29, 1.82) is 0 Å². The lowest BCUT2D eigenvalue weighted by Gasteiger charge is -1.96. The standard InChI is InChI=1S/C9H10N4OS/c1-13-7(2-3-11-13)9(14)6-5-15-8(4-10)12-6/h2-3,5H,4,10H2,1H3. The lowest BCUT2D eigenvalue weighted by Crippen LogP contribution is -2.09. The first kappa shape index (κ1) is 10.0. The molecule has 0 saturated heterocycles. The number of carbonyl (C=O) groups is 1. The van der Waals surface area contributed by atoms with Gasteiger partial charge in [-0.05, 0) is 6.07 Å². The SMILES string of the molecule is Cn1nccc1C(=O)c1csc(CN)n1. The second kappa shape index (κ2) is 3.92. The highest BCUT2D eigenvalue weighted by Crippen LogP contribution is 2.13. The Bertz CT molecular complexity index is 488. The maximum Gasteiger partial charge on any atom is 0.230 e. The highest BCUT2D eigenvalue weighted by atomic mass is 32.1. The Morgan fingerprint density at radius 1 is 1.67 bits per heavy atom. The maximum absolute atomic E-state index is 11.9. The van der Waals surface area contributed by atoms with Gasteiger partial charge < -0.3 is 5.73 Å². The Balaban J connectivity index is 2.32. The molecule has 6 heteroatoms. The van der Waals surface area contributed by atoms with Crippen molar-refractivity contribution >= 4 is 17.1 Å². The number of hydrogen-bond acceptors (Lipinski definition) is 5. The molecular weight excluding hydrogens is 212 g/mol. The molecule has 2 aromatic rings. The van der Waals surface area contributed by atoms with E-state index in [0.29, 0.717) is 17.9 Å². The van der Waals surface area contributed by atoms with Crippen molar-refractivity contribution in [2.75, 3.05) is 0 Å². The summed E-state index contributed by atoms with van der Waals surface area (Å²) < 4.78 is 1.53. The van der Waals surface area contributed by atoms with Gasteiger partial charge in [-0.15, -0.1) is 11.3 Å². The zero-order chi connectivity index (χ0) is 10.8. The number of rotatable bonds is 3. The van der Waals surface area contributed by atoms with Crippen molar-refractivity contribution in [2.24, 2.45) is 12.8 Å². The number of thiazole rings is 1. The normalized spacial score (nSPS) is 10.5. The summed E-state index contributed by atoms with van der Waals surface area (Å²) in [4.78, 5) is 16.0. The molecule has 0 radical (unpaired) electrons. The highest BCUT2D eigenvalue weighted by Gasteiger charge is 2.15. The van der Waals surface area contributed by atoms with E-state index in [1.165, 1.54) is 16.0 Å². The summed E-state index contributed by atoms with van der Waals surface area (Å²) >= 11 is 1.39. The lowest BCUT2D eigenvalue weighted by molar-refractivity contribution is 0.102. The van der Waals surface area contributed by atoms with Crippen LogP contribution in [0.5, 0.6) is 0 Å². The predicted octanol–water partition coefficient (Wildman–Crippen LogP) is 0.566. The molecule has 0 unspecified atom stereocenters. The smallest absolute Gasteiger partial charge is 0.230 e. The van der Waals surface area contributed by atoms with Crippen molar-refractivity contribution < 1.29 is 4.79 Å². The van der Waals surface area contributed by atoms with Crippen LogP contribution in [0.25, 0.3) is 0 Å². The molecule has 0 bridgehead atoms. The van der Waals surface area contributed by atoms with Gasteiger partial charge in [0.25, 0.3) is 0 Å². The summed E-state index contributed by atoms with van der Waals surface area (Å²) in [5, 5.41) is 6.42. The van der Waals surface area contributed by atoms with Crippen LogP contribution in [-0.4, -0.2) is 20.5 Å². The number of nitrogens with two attached hydrogens (primary N) is 1. The van der Waals surface area contributed by atoms with E-state index >= 15 is 0 Å². The van der Waals surface area contributed by atoms with Gasteiger partial charge in [-0.3, -0.25) is 9.48 Å². The van der Waals surface area contributed by atoms with E-state index in [2.05, 4.69) is 10.1 Å². The zero-order valence-electron chi connectivity index (χ0n) is 8.17. The Morgan fingerprint density at radius 3 is 3.00 bits per heavy atom. The van der Waals surface area contributed by atoms with Gasteiger partial charge in [0.2, 0.25) is 5.78 Å². The summed E-state index contributed by atoms with van der Waals surface area (Å²) in [7, 11) is 1.73. The third kappa shape index (κ3) is 1.81. The third-order valence-electron chi connectivity index (χ3n) is 2.01. The molecule has 0 aliphatic rings. The van der Waals surface area contributed by atoms with Crippen LogP contribution in [0.2, 0.25) is 0 Å². The molecule has 15 heavy (non-hydrogen) atoms. The van der Waals surface area contributed by atoms with E-state index in [1.807, 2.05) is 0 Å². The number of nitrogens with zero attached hydrogens (tertiary/aromatic N) is 3. The lowest BCUT2D eigenvalue weighted by atomic mass is 10.2. The molecule has 2 N–H and O–H groups in total. The minimum absolute atomic E-state index is 0.119. The third-order valence-corrected chi connectivity index (χ3v) is 2.88. The van der Waals surface area contributed by atoms with Crippen LogP contribution >= 0.6 is 11.3 Å². The number of carbonyl (C=O) groups excluding carboxylic acids is 1. The molecule has 0 amide bonds. The molecule has 0 saturated carbocycles. The second-order valence-electron chi connectivity index (χ2n) is 3.00. The predicted molar refractivity (Wildman–Crippen MR) is 56.6 cm³/mol. The van der Waals surface area contributed by atoms with E-state index < -0.39 is 0 Å². The number of ketones is 1. The molecule has 78 valence electrons. The van der Waals surface area contributed by atoms with E-state index in [0.717, 1.165) is 5.01 Å². The molecule has 0 aromatic carbocycles. The van der Waals surface area contributed by atoms with Crippen molar-refractivity contribution in [3.63, 3.8) is 0 Å². The Kier molecular flexibility index (Phi) is 2.61. The van der Waals surface area contributed by atoms with Gasteiger partial charge in [0.1, 0.15) is 16.4 Å². The van der Waals surface area contributed by atoms with E-state index in [9.17, 15) is 4.79 Å². The van der Waals surface area contributed by atoms with Gasteiger partial charge in [-0.2, -0.15) is 5.10 Å². The minimum Gasteiger partial charge on any atom is -0.325 e. The van der Waals surface area contributed by atoms with Crippen molar-refractivity contribution in [1.82, 2.24) is 14.8 Å². The molecule has 0 aliphatic carbocycles. The Hall–Kier alpha value is -1.53. The maximum atomic E-state index is 11.9. The van der Waals surface area contributed by atoms with Gasteiger partial charge >= 0.3 is 0 Å². The second-order valence-corrected chi connectivity index (χ2v) is 3.94. The summed E-state index contributed by atoms with van der Waals surface area (Å²) in [6.07, 6.45) is 1.59.